The molecule has 1 N–H and O–H groups in total. The Hall–Kier alpha value is -2.71. The molecule has 0 radical (unpaired) electrons. The molecule has 3 rings (SSSR count). The first kappa shape index (κ1) is 21.0. The van der Waals surface area contributed by atoms with Crippen LogP contribution in [0.4, 0.5) is 11.4 Å². The van der Waals surface area contributed by atoms with E-state index < -0.39 is 10.0 Å². The smallest absolute Gasteiger partial charge is 0.255 e. The third kappa shape index (κ3) is 4.18. The molecular weight excluding hydrogens is 390 g/mol. The molecule has 2 aromatic rings. The van der Waals surface area contributed by atoms with Crippen LogP contribution in [0.3, 0.4) is 0 Å². The molecule has 154 valence electrons. The topological polar surface area (TPSA) is 86.8 Å². The highest BCUT2D eigenvalue weighted by Crippen LogP contribution is 2.27. The van der Waals surface area contributed by atoms with E-state index in [0.717, 1.165) is 27.5 Å². The number of sulfonamides is 1. The first-order valence-electron chi connectivity index (χ1n) is 9.37. The molecule has 0 bridgehead atoms. The lowest BCUT2D eigenvalue weighted by molar-refractivity contribution is -0.117. The lowest BCUT2D eigenvalue weighted by atomic mass is 10.1. The van der Waals surface area contributed by atoms with Crippen LogP contribution in [0.5, 0.6) is 0 Å². The van der Waals surface area contributed by atoms with Gasteiger partial charge in [0.15, 0.2) is 0 Å². The molecule has 1 fully saturated rings. The maximum Gasteiger partial charge on any atom is 0.255 e. The van der Waals surface area contributed by atoms with Crippen molar-refractivity contribution in [1.82, 2.24) is 4.31 Å². The summed E-state index contributed by atoms with van der Waals surface area (Å²) >= 11 is 0. The number of hydrogen-bond acceptors (Lipinski definition) is 4. The first-order valence-corrected chi connectivity index (χ1v) is 10.8. The van der Waals surface area contributed by atoms with Gasteiger partial charge in [0.25, 0.3) is 5.91 Å². The van der Waals surface area contributed by atoms with Gasteiger partial charge in [-0.2, -0.15) is 0 Å². The van der Waals surface area contributed by atoms with Crippen molar-refractivity contribution in [2.24, 2.45) is 0 Å². The standard InChI is InChI=1S/C21H25N3O4S/c1-14-12-18(29(27,28)23(3)4)13-19(15(14)2)22-21(26)16-7-9-17(10-8-16)24-11-5-6-20(24)25/h7-10,12-13H,5-6,11H2,1-4H3,(H,22,26). The van der Waals surface area contributed by atoms with E-state index in [1.54, 1.807) is 35.2 Å². The highest BCUT2D eigenvalue weighted by atomic mass is 32.2. The quantitative estimate of drug-likeness (QED) is 0.813. The van der Waals surface area contributed by atoms with Crippen molar-refractivity contribution in [3.63, 3.8) is 0 Å². The molecule has 0 saturated carbocycles. The molecular formula is C21H25N3O4S. The van der Waals surface area contributed by atoms with Crippen LogP contribution in [0.15, 0.2) is 41.3 Å². The van der Waals surface area contributed by atoms with Crippen molar-refractivity contribution in [3.05, 3.63) is 53.1 Å². The number of amides is 2. The maximum atomic E-state index is 12.7. The molecule has 1 saturated heterocycles. The molecule has 0 aromatic heterocycles. The second-order valence-electron chi connectivity index (χ2n) is 7.35. The molecule has 29 heavy (non-hydrogen) atoms. The molecule has 1 aliphatic heterocycles. The van der Waals surface area contributed by atoms with Crippen LogP contribution in [-0.4, -0.2) is 45.2 Å². The second kappa shape index (κ2) is 7.96. The molecule has 0 spiro atoms. The molecule has 8 heteroatoms. The summed E-state index contributed by atoms with van der Waals surface area (Å²) in [4.78, 5) is 26.4. The largest absolute Gasteiger partial charge is 0.322 e. The van der Waals surface area contributed by atoms with E-state index in [2.05, 4.69) is 5.32 Å². The van der Waals surface area contributed by atoms with Crippen molar-refractivity contribution in [2.75, 3.05) is 30.9 Å². The number of aryl methyl sites for hydroxylation is 1. The molecule has 2 amide bonds. The van der Waals surface area contributed by atoms with Crippen LogP contribution in [0.2, 0.25) is 0 Å². The second-order valence-corrected chi connectivity index (χ2v) is 9.50. The Labute approximate surface area is 171 Å². The van der Waals surface area contributed by atoms with Crippen LogP contribution in [0.1, 0.15) is 34.3 Å². The number of nitrogens with zero attached hydrogens (tertiary/aromatic N) is 2. The molecule has 0 atom stereocenters. The maximum absolute atomic E-state index is 12.7. The summed E-state index contributed by atoms with van der Waals surface area (Å²) in [6, 6.07) is 9.92. The van der Waals surface area contributed by atoms with Crippen LogP contribution >= 0.6 is 0 Å². The van der Waals surface area contributed by atoms with E-state index in [1.807, 2.05) is 13.8 Å². The van der Waals surface area contributed by atoms with E-state index in [4.69, 9.17) is 0 Å². The summed E-state index contributed by atoms with van der Waals surface area (Å²) in [5.41, 5.74) is 3.23. The Morgan fingerprint density at radius 3 is 2.31 bits per heavy atom. The van der Waals surface area contributed by atoms with E-state index >= 15 is 0 Å². The number of nitrogens with one attached hydrogen (secondary N) is 1. The van der Waals surface area contributed by atoms with Crippen LogP contribution < -0.4 is 10.2 Å². The molecule has 0 aliphatic carbocycles. The summed E-state index contributed by atoms with van der Waals surface area (Å²) in [7, 11) is -0.679. The average molecular weight is 416 g/mol. The Balaban J connectivity index is 1.85. The van der Waals surface area contributed by atoms with Gasteiger partial charge in [-0.25, -0.2) is 12.7 Å². The SMILES string of the molecule is Cc1cc(S(=O)(=O)N(C)C)cc(NC(=O)c2ccc(N3CCCC3=O)cc2)c1C. The van der Waals surface area contributed by atoms with Crippen molar-refractivity contribution in [1.29, 1.82) is 0 Å². The number of rotatable bonds is 5. The summed E-state index contributed by atoms with van der Waals surface area (Å²) < 4.78 is 26.1. The van der Waals surface area contributed by atoms with Crippen molar-refractivity contribution < 1.29 is 18.0 Å². The van der Waals surface area contributed by atoms with E-state index in [0.29, 0.717) is 24.2 Å². The summed E-state index contributed by atoms with van der Waals surface area (Å²) in [6.45, 7) is 4.33. The zero-order chi connectivity index (χ0) is 21.3. The average Bonchev–Trinajstić information content (AvgIpc) is 3.11. The van der Waals surface area contributed by atoms with E-state index in [-0.39, 0.29) is 16.7 Å². The molecule has 0 unspecified atom stereocenters. The van der Waals surface area contributed by atoms with Gasteiger partial charge in [0.05, 0.1) is 4.90 Å². The van der Waals surface area contributed by atoms with Gasteiger partial charge in [-0.15, -0.1) is 0 Å². The number of hydrogen-bond donors (Lipinski definition) is 1. The minimum absolute atomic E-state index is 0.0900. The highest BCUT2D eigenvalue weighted by molar-refractivity contribution is 7.89. The number of carbonyl (C=O) groups is 2. The van der Waals surface area contributed by atoms with Crippen LogP contribution in [0.25, 0.3) is 0 Å². The Bertz CT molecular complexity index is 1060. The molecule has 7 nitrogen and oxygen atoms in total. The fraction of sp³-hybridized carbons (Fsp3) is 0.333. The Morgan fingerprint density at radius 1 is 1.10 bits per heavy atom. The first-order chi connectivity index (χ1) is 13.6. The zero-order valence-corrected chi connectivity index (χ0v) is 17.8. The summed E-state index contributed by atoms with van der Waals surface area (Å²) in [5, 5.41) is 2.81. The normalized spacial score (nSPS) is 14.5. The molecule has 1 heterocycles. The fourth-order valence-corrected chi connectivity index (χ4v) is 4.24. The van der Waals surface area contributed by atoms with Gasteiger partial charge < -0.3 is 10.2 Å². The lowest BCUT2D eigenvalue weighted by Gasteiger charge is -2.17. The van der Waals surface area contributed by atoms with Gasteiger partial charge in [0, 0.05) is 44.0 Å². The van der Waals surface area contributed by atoms with Crippen molar-refractivity contribution in [2.45, 2.75) is 31.6 Å². The highest BCUT2D eigenvalue weighted by Gasteiger charge is 2.22. The van der Waals surface area contributed by atoms with Gasteiger partial charge in [0.2, 0.25) is 15.9 Å². The number of carbonyl (C=O) groups excluding carboxylic acids is 2. The van der Waals surface area contributed by atoms with Gasteiger partial charge >= 0.3 is 0 Å². The lowest BCUT2D eigenvalue weighted by Crippen LogP contribution is -2.24. The predicted octanol–water partition coefficient (Wildman–Crippen LogP) is 2.93. The molecule has 1 aliphatic rings. The third-order valence-electron chi connectivity index (χ3n) is 5.18. The number of benzene rings is 2. The van der Waals surface area contributed by atoms with Gasteiger partial charge in [0.1, 0.15) is 0 Å². The van der Waals surface area contributed by atoms with Crippen LogP contribution in [0, 0.1) is 13.8 Å². The van der Waals surface area contributed by atoms with Gasteiger partial charge in [-0.3, -0.25) is 9.59 Å². The monoisotopic (exact) mass is 415 g/mol. The van der Waals surface area contributed by atoms with Gasteiger partial charge in [-0.1, -0.05) is 0 Å². The number of anilines is 2. The van der Waals surface area contributed by atoms with E-state index in [9.17, 15) is 18.0 Å². The minimum Gasteiger partial charge on any atom is -0.322 e. The fourth-order valence-electron chi connectivity index (χ4n) is 3.22. The zero-order valence-electron chi connectivity index (χ0n) is 17.0. The summed E-state index contributed by atoms with van der Waals surface area (Å²) in [5.74, 6) is -0.251. The van der Waals surface area contributed by atoms with Crippen molar-refractivity contribution >= 4 is 33.2 Å². The summed E-state index contributed by atoms with van der Waals surface area (Å²) in [6.07, 6.45) is 1.39. The Morgan fingerprint density at radius 2 is 1.76 bits per heavy atom. The minimum atomic E-state index is -3.61. The molecule has 2 aromatic carbocycles. The third-order valence-corrected chi connectivity index (χ3v) is 6.98. The predicted molar refractivity (Wildman–Crippen MR) is 113 cm³/mol. The van der Waals surface area contributed by atoms with E-state index in [1.165, 1.54) is 20.2 Å². The van der Waals surface area contributed by atoms with Crippen molar-refractivity contribution in [3.8, 4) is 0 Å². The van der Waals surface area contributed by atoms with Crippen LogP contribution in [-0.2, 0) is 14.8 Å². The Kier molecular flexibility index (Phi) is 5.77. The van der Waals surface area contributed by atoms with Gasteiger partial charge in [-0.05, 0) is 67.8 Å².